The lowest BCUT2D eigenvalue weighted by molar-refractivity contribution is 0.653. The molecule has 3 heteroatoms. The summed E-state index contributed by atoms with van der Waals surface area (Å²) >= 11 is 4.64. The van der Waals surface area contributed by atoms with Crippen molar-refractivity contribution in [2.45, 2.75) is 25.7 Å². The molecule has 0 saturated carbocycles. The summed E-state index contributed by atoms with van der Waals surface area (Å²) in [4.78, 5) is 0. The molecule has 0 aromatic carbocycles. The van der Waals surface area contributed by atoms with E-state index in [0.29, 0.717) is 0 Å². The molecular formula is C7H19ClN2. The highest BCUT2D eigenvalue weighted by atomic mass is 35.5. The van der Waals surface area contributed by atoms with Crippen LogP contribution in [-0.2, 0) is 0 Å². The zero-order valence-corrected chi connectivity index (χ0v) is 7.53. The van der Waals surface area contributed by atoms with Crippen LogP contribution in [0.4, 0.5) is 0 Å². The Labute approximate surface area is 68.9 Å². The summed E-state index contributed by atoms with van der Waals surface area (Å²) in [5, 5.41) is 0. The van der Waals surface area contributed by atoms with Gasteiger partial charge < -0.3 is 11.5 Å². The number of rotatable bonds is 5. The van der Waals surface area contributed by atoms with Crippen molar-refractivity contribution in [1.29, 1.82) is 0 Å². The molecule has 10 heavy (non-hydrogen) atoms. The summed E-state index contributed by atoms with van der Waals surface area (Å²) < 4.78 is 0. The van der Waals surface area contributed by atoms with Gasteiger partial charge in [-0.3, -0.25) is 0 Å². The Kier molecular flexibility index (Phi) is 20.7. The maximum atomic E-state index is 5.28. The molecule has 64 valence electrons. The summed E-state index contributed by atoms with van der Waals surface area (Å²) in [5.74, 6) is 0. The Morgan fingerprint density at radius 2 is 1.10 bits per heavy atom. The summed E-state index contributed by atoms with van der Waals surface area (Å²) in [6, 6.07) is 0. The molecule has 2 nitrogen and oxygen atoms in total. The van der Waals surface area contributed by atoms with E-state index >= 15 is 0 Å². The van der Waals surface area contributed by atoms with Crippen molar-refractivity contribution in [3.05, 3.63) is 0 Å². The Hall–Kier alpha value is 0.210. The van der Waals surface area contributed by atoms with E-state index < -0.39 is 0 Å². The van der Waals surface area contributed by atoms with Crippen LogP contribution in [-0.4, -0.2) is 19.5 Å². The van der Waals surface area contributed by atoms with Crippen LogP contribution in [0, 0.1) is 0 Å². The molecule has 0 atom stereocenters. The van der Waals surface area contributed by atoms with E-state index in [1.807, 2.05) is 0 Å². The second kappa shape index (κ2) is 16.1. The van der Waals surface area contributed by atoms with Gasteiger partial charge in [-0.1, -0.05) is 12.8 Å². The third-order valence-electron chi connectivity index (χ3n) is 1.16. The van der Waals surface area contributed by atoms with Crippen LogP contribution >= 0.6 is 11.6 Å². The van der Waals surface area contributed by atoms with Gasteiger partial charge in [-0.15, -0.1) is 11.6 Å². The van der Waals surface area contributed by atoms with E-state index in [2.05, 4.69) is 11.6 Å². The minimum atomic E-state index is 0.824. The third kappa shape index (κ3) is 15.7. The minimum Gasteiger partial charge on any atom is -0.330 e. The van der Waals surface area contributed by atoms with Crippen LogP contribution in [0.5, 0.6) is 0 Å². The van der Waals surface area contributed by atoms with E-state index in [9.17, 15) is 0 Å². The molecule has 0 aliphatic rings. The summed E-state index contributed by atoms with van der Waals surface area (Å²) in [7, 11) is 0. The first-order valence-electron chi connectivity index (χ1n) is 3.69. The Balaban J connectivity index is 0. The maximum Gasteiger partial charge on any atom is 0.0108 e. The van der Waals surface area contributed by atoms with Gasteiger partial charge in [0.1, 0.15) is 0 Å². The van der Waals surface area contributed by atoms with Crippen molar-refractivity contribution in [3.63, 3.8) is 0 Å². The minimum absolute atomic E-state index is 0.824. The average molecular weight is 167 g/mol. The van der Waals surface area contributed by atoms with E-state index in [4.69, 9.17) is 11.5 Å². The second-order valence-electron chi connectivity index (χ2n) is 1.99. The number of nitrogens with two attached hydrogens (primary N) is 2. The highest BCUT2D eigenvalue weighted by Gasteiger charge is 1.83. The van der Waals surface area contributed by atoms with Crippen LogP contribution in [0.2, 0.25) is 0 Å². The predicted molar refractivity (Wildman–Crippen MR) is 48.4 cm³/mol. The van der Waals surface area contributed by atoms with Gasteiger partial charge in [-0.05, 0) is 25.9 Å². The Bertz CT molecular complexity index is 36.6. The van der Waals surface area contributed by atoms with Crippen LogP contribution in [0.3, 0.4) is 0 Å². The van der Waals surface area contributed by atoms with Crippen molar-refractivity contribution >= 4 is 11.6 Å². The van der Waals surface area contributed by atoms with E-state index in [1.54, 1.807) is 0 Å². The van der Waals surface area contributed by atoms with Crippen LogP contribution in [0.25, 0.3) is 0 Å². The largest absolute Gasteiger partial charge is 0.330 e. The highest BCUT2D eigenvalue weighted by Crippen LogP contribution is 1.95. The maximum absolute atomic E-state index is 5.28. The van der Waals surface area contributed by atoms with Gasteiger partial charge in [0.2, 0.25) is 0 Å². The lowest BCUT2D eigenvalue weighted by Crippen LogP contribution is -2.00. The highest BCUT2D eigenvalue weighted by molar-refractivity contribution is 6.15. The number of halogens is 1. The second-order valence-corrected chi connectivity index (χ2v) is 1.99. The molecule has 0 spiro atoms. The number of unbranched alkanes of at least 4 members (excludes halogenated alkanes) is 3. The molecule has 0 saturated heterocycles. The predicted octanol–water partition coefficient (Wildman–Crippen LogP) is 1.32. The fourth-order valence-corrected chi connectivity index (χ4v) is 0.642. The topological polar surface area (TPSA) is 52.0 Å². The molecule has 0 rings (SSSR count). The van der Waals surface area contributed by atoms with Crippen molar-refractivity contribution in [3.8, 4) is 0 Å². The smallest absolute Gasteiger partial charge is 0.0108 e. The van der Waals surface area contributed by atoms with E-state index in [-0.39, 0.29) is 0 Å². The first-order chi connectivity index (χ1) is 4.91. The zero-order chi connectivity index (χ0) is 8.24. The van der Waals surface area contributed by atoms with Crippen molar-refractivity contribution < 1.29 is 0 Å². The van der Waals surface area contributed by atoms with Gasteiger partial charge in [0.25, 0.3) is 0 Å². The molecule has 0 radical (unpaired) electrons. The van der Waals surface area contributed by atoms with Gasteiger partial charge in [0.05, 0.1) is 0 Å². The SMILES string of the molecule is CCl.NCCCCCCN. The van der Waals surface area contributed by atoms with E-state index in [0.717, 1.165) is 25.9 Å². The Morgan fingerprint density at radius 3 is 1.30 bits per heavy atom. The monoisotopic (exact) mass is 166 g/mol. The number of hydrogen-bond acceptors (Lipinski definition) is 2. The van der Waals surface area contributed by atoms with Crippen LogP contribution in [0.1, 0.15) is 25.7 Å². The third-order valence-corrected chi connectivity index (χ3v) is 1.16. The van der Waals surface area contributed by atoms with Gasteiger partial charge in [0.15, 0.2) is 0 Å². The number of alkyl halides is 1. The molecule has 4 N–H and O–H groups in total. The van der Waals surface area contributed by atoms with Crippen molar-refractivity contribution in [2.24, 2.45) is 11.5 Å². The summed E-state index contributed by atoms with van der Waals surface area (Å²) in [6.45, 7) is 1.65. The van der Waals surface area contributed by atoms with E-state index in [1.165, 1.54) is 19.2 Å². The molecule has 0 heterocycles. The van der Waals surface area contributed by atoms with Gasteiger partial charge in [-0.2, -0.15) is 0 Å². The normalized spacial score (nSPS) is 8.40. The average Bonchev–Trinajstić information content (AvgIpc) is 2.02. The Morgan fingerprint density at radius 1 is 0.800 bits per heavy atom. The summed E-state index contributed by atoms with van der Waals surface area (Å²) in [6.07, 6.45) is 6.27. The van der Waals surface area contributed by atoms with Crippen LogP contribution < -0.4 is 11.5 Å². The van der Waals surface area contributed by atoms with Gasteiger partial charge in [0, 0.05) is 6.38 Å². The standard InChI is InChI=1S/C6H16N2.CH3Cl/c7-5-3-1-2-4-6-8;1-2/h1-8H2;1H3. The molecule has 0 amide bonds. The molecule has 0 aliphatic heterocycles. The number of hydrogen-bond donors (Lipinski definition) is 2. The summed E-state index contributed by atoms with van der Waals surface area (Å²) in [5.41, 5.74) is 10.6. The van der Waals surface area contributed by atoms with Gasteiger partial charge in [-0.25, -0.2) is 0 Å². The lowest BCUT2D eigenvalue weighted by Gasteiger charge is -1.94. The molecule has 0 aromatic rings. The quantitative estimate of drug-likeness (QED) is 0.478. The van der Waals surface area contributed by atoms with Crippen molar-refractivity contribution in [2.75, 3.05) is 19.5 Å². The lowest BCUT2D eigenvalue weighted by atomic mass is 10.2. The van der Waals surface area contributed by atoms with Gasteiger partial charge >= 0.3 is 0 Å². The molecular weight excluding hydrogens is 148 g/mol. The fraction of sp³-hybridized carbons (Fsp3) is 1.00. The van der Waals surface area contributed by atoms with Crippen molar-refractivity contribution in [1.82, 2.24) is 0 Å². The first kappa shape index (κ1) is 12.8. The zero-order valence-electron chi connectivity index (χ0n) is 6.78. The molecule has 0 aromatic heterocycles. The molecule has 0 aliphatic carbocycles. The molecule has 0 fully saturated rings. The van der Waals surface area contributed by atoms with Crippen LogP contribution in [0.15, 0.2) is 0 Å². The fourth-order valence-electron chi connectivity index (χ4n) is 0.642. The molecule has 0 unspecified atom stereocenters. The first-order valence-corrected chi connectivity index (χ1v) is 4.45. The molecule has 0 bridgehead atoms.